The highest BCUT2D eigenvalue weighted by molar-refractivity contribution is 5.94. The van der Waals surface area contributed by atoms with Crippen LogP contribution in [0.1, 0.15) is 43.0 Å². The van der Waals surface area contributed by atoms with E-state index >= 15 is 0 Å². The number of halogens is 1. The molecule has 1 aliphatic rings. The molecule has 0 radical (unpaired) electrons. The monoisotopic (exact) mass is 265 g/mol. The van der Waals surface area contributed by atoms with Crippen LogP contribution in [0, 0.1) is 11.7 Å². The van der Waals surface area contributed by atoms with Crippen molar-refractivity contribution in [3.63, 3.8) is 0 Å². The number of benzene rings is 1. The van der Waals surface area contributed by atoms with E-state index in [4.69, 9.17) is 0 Å². The Kier molecular flexibility index (Phi) is 4.20. The van der Waals surface area contributed by atoms with Gasteiger partial charge in [-0.2, -0.15) is 0 Å². The zero-order valence-electron chi connectivity index (χ0n) is 11.2. The van der Waals surface area contributed by atoms with Crippen LogP contribution in [-0.4, -0.2) is 23.2 Å². The van der Waals surface area contributed by atoms with Gasteiger partial charge in [0.05, 0.1) is 12.1 Å². The number of hydrogen-bond donors (Lipinski definition) is 2. The van der Waals surface area contributed by atoms with E-state index in [0.29, 0.717) is 11.5 Å². The minimum Gasteiger partial charge on any atom is -0.394 e. The number of aliphatic hydroxyl groups is 1. The molecule has 2 N–H and O–H groups in total. The van der Waals surface area contributed by atoms with Crippen molar-refractivity contribution in [1.82, 2.24) is 5.32 Å². The van der Waals surface area contributed by atoms with Gasteiger partial charge in [-0.3, -0.25) is 4.79 Å². The number of hydrogen-bond acceptors (Lipinski definition) is 2. The van der Waals surface area contributed by atoms with Gasteiger partial charge >= 0.3 is 0 Å². The van der Waals surface area contributed by atoms with E-state index in [0.717, 1.165) is 25.7 Å². The number of aliphatic hydroxyl groups excluding tert-OH is 1. The van der Waals surface area contributed by atoms with Gasteiger partial charge in [-0.15, -0.1) is 0 Å². The predicted octanol–water partition coefficient (Wildman–Crippen LogP) is 2.50. The first-order chi connectivity index (χ1) is 9.04. The van der Waals surface area contributed by atoms with Gasteiger partial charge in [0.2, 0.25) is 0 Å². The molecule has 0 spiro atoms. The fraction of sp³-hybridized carbons (Fsp3) is 0.533. The fourth-order valence-corrected chi connectivity index (χ4v) is 2.90. The second-order valence-electron chi connectivity index (χ2n) is 5.60. The van der Waals surface area contributed by atoms with Crippen LogP contribution in [-0.2, 0) is 0 Å². The molecule has 2 rings (SSSR count). The second kappa shape index (κ2) is 5.70. The molecule has 2 atom stereocenters. The van der Waals surface area contributed by atoms with E-state index in [9.17, 15) is 14.3 Å². The maximum absolute atomic E-state index is 13.1. The summed E-state index contributed by atoms with van der Waals surface area (Å²) in [5, 5.41) is 12.5. The Morgan fingerprint density at radius 1 is 1.58 bits per heavy atom. The number of amides is 1. The van der Waals surface area contributed by atoms with Gasteiger partial charge in [-0.1, -0.05) is 25.8 Å². The molecule has 2 unspecified atom stereocenters. The molecule has 1 aromatic rings. The first-order valence-corrected chi connectivity index (χ1v) is 6.74. The first kappa shape index (κ1) is 14.0. The standard InChI is InChI=1S/C15H20FNO2/c1-11-4-3-7-15(9-11,10-18)17-14(19)12-5-2-6-13(16)8-12/h2,5-6,8,11,18H,3-4,7,9-10H2,1H3,(H,17,19). The average Bonchev–Trinajstić information content (AvgIpc) is 2.38. The summed E-state index contributed by atoms with van der Waals surface area (Å²) in [7, 11) is 0. The SMILES string of the molecule is CC1CCCC(CO)(NC(=O)c2cccc(F)c2)C1. The van der Waals surface area contributed by atoms with E-state index in [-0.39, 0.29) is 12.5 Å². The number of carbonyl (C=O) groups excluding carboxylic acids is 1. The van der Waals surface area contributed by atoms with Crippen LogP contribution in [0.25, 0.3) is 0 Å². The molecule has 0 bridgehead atoms. The number of nitrogens with one attached hydrogen (secondary N) is 1. The van der Waals surface area contributed by atoms with Gasteiger partial charge in [-0.05, 0) is 37.0 Å². The lowest BCUT2D eigenvalue weighted by molar-refractivity contribution is 0.0696. The maximum atomic E-state index is 13.1. The summed E-state index contributed by atoms with van der Waals surface area (Å²) in [4.78, 5) is 12.1. The zero-order valence-corrected chi connectivity index (χ0v) is 11.2. The summed E-state index contributed by atoms with van der Waals surface area (Å²) in [5.41, 5.74) is -0.257. The molecule has 1 aliphatic carbocycles. The van der Waals surface area contributed by atoms with E-state index in [1.54, 1.807) is 6.07 Å². The summed E-state index contributed by atoms with van der Waals surface area (Å²) in [6, 6.07) is 5.61. The van der Waals surface area contributed by atoms with Crippen molar-refractivity contribution in [2.45, 2.75) is 38.1 Å². The van der Waals surface area contributed by atoms with Crippen molar-refractivity contribution in [2.75, 3.05) is 6.61 Å². The molecule has 3 nitrogen and oxygen atoms in total. The van der Waals surface area contributed by atoms with Crippen molar-refractivity contribution >= 4 is 5.91 Å². The lowest BCUT2D eigenvalue weighted by Crippen LogP contribution is -2.53. The largest absolute Gasteiger partial charge is 0.394 e. The molecule has 1 saturated carbocycles. The minimum atomic E-state index is -0.554. The van der Waals surface area contributed by atoms with Crippen molar-refractivity contribution in [1.29, 1.82) is 0 Å². The fourth-order valence-electron chi connectivity index (χ4n) is 2.90. The Morgan fingerprint density at radius 3 is 3.00 bits per heavy atom. The van der Waals surface area contributed by atoms with Crippen LogP contribution in [0.3, 0.4) is 0 Å². The Hall–Kier alpha value is -1.42. The van der Waals surface area contributed by atoms with Crippen LogP contribution in [0.4, 0.5) is 4.39 Å². The average molecular weight is 265 g/mol. The van der Waals surface area contributed by atoms with Gasteiger partial charge in [-0.25, -0.2) is 4.39 Å². The molecule has 1 aromatic carbocycles. The van der Waals surface area contributed by atoms with Crippen LogP contribution in [0.15, 0.2) is 24.3 Å². The quantitative estimate of drug-likeness (QED) is 0.882. The van der Waals surface area contributed by atoms with E-state index in [2.05, 4.69) is 12.2 Å². The van der Waals surface area contributed by atoms with Gasteiger partial charge in [0, 0.05) is 5.56 Å². The summed E-state index contributed by atoms with van der Waals surface area (Å²) < 4.78 is 13.1. The van der Waals surface area contributed by atoms with Gasteiger partial charge in [0.1, 0.15) is 5.82 Å². The molecule has 4 heteroatoms. The molecule has 0 heterocycles. The molecule has 19 heavy (non-hydrogen) atoms. The van der Waals surface area contributed by atoms with E-state index in [1.165, 1.54) is 18.2 Å². The Labute approximate surface area is 112 Å². The molecule has 1 amide bonds. The Morgan fingerprint density at radius 2 is 2.37 bits per heavy atom. The maximum Gasteiger partial charge on any atom is 0.251 e. The molecule has 0 aromatic heterocycles. The third-order valence-electron chi connectivity index (χ3n) is 3.86. The molecule has 104 valence electrons. The van der Waals surface area contributed by atoms with E-state index < -0.39 is 11.4 Å². The molecular weight excluding hydrogens is 245 g/mol. The van der Waals surface area contributed by atoms with Crippen molar-refractivity contribution in [3.8, 4) is 0 Å². The van der Waals surface area contributed by atoms with Gasteiger partial charge in [0.15, 0.2) is 0 Å². The Balaban J connectivity index is 2.12. The first-order valence-electron chi connectivity index (χ1n) is 6.74. The third-order valence-corrected chi connectivity index (χ3v) is 3.86. The second-order valence-corrected chi connectivity index (χ2v) is 5.60. The summed E-state index contributed by atoms with van der Waals surface area (Å²) in [5.74, 6) is -0.265. The van der Waals surface area contributed by atoms with Crippen molar-refractivity contribution in [2.24, 2.45) is 5.92 Å². The van der Waals surface area contributed by atoms with Crippen molar-refractivity contribution in [3.05, 3.63) is 35.6 Å². The van der Waals surface area contributed by atoms with Crippen molar-refractivity contribution < 1.29 is 14.3 Å². The molecule has 0 aliphatic heterocycles. The highest BCUT2D eigenvalue weighted by Crippen LogP contribution is 2.32. The Bertz CT molecular complexity index is 463. The summed E-state index contributed by atoms with van der Waals surface area (Å²) in [6.45, 7) is 2.05. The molecule has 0 saturated heterocycles. The summed E-state index contributed by atoms with van der Waals surface area (Å²) in [6.07, 6.45) is 3.65. The lowest BCUT2D eigenvalue weighted by atomic mass is 9.76. The highest BCUT2D eigenvalue weighted by atomic mass is 19.1. The topological polar surface area (TPSA) is 49.3 Å². The van der Waals surface area contributed by atoms with Crippen LogP contribution in [0.5, 0.6) is 0 Å². The molecular formula is C15H20FNO2. The molecule has 1 fully saturated rings. The smallest absolute Gasteiger partial charge is 0.251 e. The normalized spacial score (nSPS) is 27.0. The van der Waals surface area contributed by atoms with E-state index in [1.807, 2.05) is 0 Å². The minimum absolute atomic E-state index is 0.0710. The van der Waals surface area contributed by atoms with Crippen LogP contribution < -0.4 is 5.32 Å². The van der Waals surface area contributed by atoms with Gasteiger partial charge in [0.25, 0.3) is 5.91 Å². The summed E-state index contributed by atoms with van der Waals surface area (Å²) >= 11 is 0. The number of rotatable bonds is 3. The van der Waals surface area contributed by atoms with Gasteiger partial charge < -0.3 is 10.4 Å². The predicted molar refractivity (Wildman–Crippen MR) is 71.3 cm³/mol. The van der Waals surface area contributed by atoms with Crippen LogP contribution >= 0.6 is 0 Å². The third kappa shape index (κ3) is 3.32. The highest BCUT2D eigenvalue weighted by Gasteiger charge is 2.35. The number of carbonyl (C=O) groups is 1. The van der Waals surface area contributed by atoms with Crippen LogP contribution in [0.2, 0.25) is 0 Å². The lowest BCUT2D eigenvalue weighted by Gasteiger charge is -2.39. The zero-order chi connectivity index (χ0) is 13.9.